The third kappa shape index (κ3) is 2.33. The van der Waals surface area contributed by atoms with Crippen LogP contribution in [0.25, 0.3) is 0 Å². The van der Waals surface area contributed by atoms with Crippen LogP contribution in [0.5, 0.6) is 0 Å². The number of likely N-dealkylation sites (tertiary alicyclic amines) is 1. The molecule has 1 saturated carbocycles. The van der Waals surface area contributed by atoms with Crippen molar-refractivity contribution in [1.82, 2.24) is 4.90 Å². The van der Waals surface area contributed by atoms with Crippen LogP contribution in [-0.4, -0.2) is 23.5 Å². The van der Waals surface area contributed by atoms with Gasteiger partial charge >= 0.3 is 0 Å². The van der Waals surface area contributed by atoms with E-state index in [9.17, 15) is 0 Å². The van der Waals surface area contributed by atoms with Crippen LogP contribution in [0.15, 0.2) is 24.3 Å². The van der Waals surface area contributed by atoms with Gasteiger partial charge in [0, 0.05) is 18.6 Å². The highest BCUT2D eigenvalue weighted by Crippen LogP contribution is 2.48. The maximum Gasteiger partial charge on any atom is 0.0107 e. The lowest BCUT2D eigenvalue weighted by atomic mass is 9.86. The number of nitrogens with zero attached hydrogens (tertiary/aromatic N) is 1. The van der Waals surface area contributed by atoms with E-state index in [1.807, 2.05) is 0 Å². The van der Waals surface area contributed by atoms with Gasteiger partial charge in [-0.15, -0.1) is 0 Å². The number of benzene rings is 1. The number of piperidine rings is 1. The Hall–Kier alpha value is -0.820. The van der Waals surface area contributed by atoms with Crippen LogP contribution in [-0.2, 0) is 0 Å². The zero-order chi connectivity index (χ0) is 13.6. The first-order valence-electron chi connectivity index (χ1n) is 7.92. The Balaban J connectivity index is 1.72. The minimum atomic E-state index is 0.644. The number of hydrogen-bond donors (Lipinski definition) is 0. The van der Waals surface area contributed by atoms with Gasteiger partial charge in [-0.2, -0.15) is 0 Å². The average molecular weight is 257 g/mol. The van der Waals surface area contributed by atoms with E-state index >= 15 is 0 Å². The van der Waals surface area contributed by atoms with Crippen molar-refractivity contribution in [2.24, 2.45) is 5.92 Å². The van der Waals surface area contributed by atoms with Gasteiger partial charge < -0.3 is 0 Å². The Morgan fingerprint density at radius 1 is 1.00 bits per heavy atom. The summed E-state index contributed by atoms with van der Waals surface area (Å²) >= 11 is 0. The van der Waals surface area contributed by atoms with Gasteiger partial charge in [0.05, 0.1) is 0 Å². The van der Waals surface area contributed by atoms with Crippen molar-refractivity contribution in [3.63, 3.8) is 0 Å². The van der Waals surface area contributed by atoms with E-state index in [1.54, 1.807) is 5.56 Å². The van der Waals surface area contributed by atoms with Crippen LogP contribution in [0.3, 0.4) is 0 Å². The molecule has 104 valence electrons. The SMILES string of the molecule is CC(C)c1ccc(C2C[C@H]3C[C@@H]2CN3C(C)C)cc1. The normalized spacial score (nSPS) is 30.7. The van der Waals surface area contributed by atoms with E-state index < -0.39 is 0 Å². The maximum atomic E-state index is 2.71. The Kier molecular flexibility index (Phi) is 3.42. The fourth-order valence-corrected chi connectivity index (χ4v) is 4.16. The monoisotopic (exact) mass is 257 g/mol. The Bertz CT molecular complexity index is 432. The van der Waals surface area contributed by atoms with E-state index in [2.05, 4.69) is 56.9 Å². The van der Waals surface area contributed by atoms with Gasteiger partial charge in [0.2, 0.25) is 0 Å². The number of hydrogen-bond acceptors (Lipinski definition) is 1. The molecule has 1 aromatic carbocycles. The first-order chi connectivity index (χ1) is 9.06. The Labute approximate surface area is 118 Å². The molecule has 0 radical (unpaired) electrons. The molecule has 1 heterocycles. The van der Waals surface area contributed by atoms with Crippen molar-refractivity contribution >= 4 is 0 Å². The minimum absolute atomic E-state index is 0.644. The largest absolute Gasteiger partial charge is 0.298 e. The predicted octanol–water partition coefficient (Wildman–Crippen LogP) is 4.40. The highest BCUT2D eigenvalue weighted by molar-refractivity contribution is 5.29. The molecule has 0 amide bonds. The summed E-state index contributed by atoms with van der Waals surface area (Å²) in [6.45, 7) is 10.5. The van der Waals surface area contributed by atoms with Crippen molar-refractivity contribution in [3.05, 3.63) is 35.4 Å². The standard InChI is InChI=1S/C18H27N/c1-12(2)14-5-7-15(8-6-14)18-10-17-9-16(18)11-19(17)13(3)4/h5-8,12-13,16-18H,9-11H2,1-4H3/t16-,17-,18?/m1/s1. The van der Waals surface area contributed by atoms with Gasteiger partial charge in [-0.3, -0.25) is 4.90 Å². The smallest absolute Gasteiger partial charge is 0.0107 e. The van der Waals surface area contributed by atoms with Crippen molar-refractivity contribution in [1.29, 1.82) is 0 Å². The molecule has 0 N–H and O–H groups in total. The molecule has 1 aliphatic heterocycles. The topological polar surface area (TPSA) is 3.24 Å². The fraction of sp³-hybridized carbons (Fsp3) is 0.667. The van der Waals surface area contributed by atoms with Gasteiger partial charge in [-0.25, -0.2) is 0 Å². The summed E-state index contributed by atoms with van der Waals surface area (Å²) in [5.41, 5.74) is 3.05. The number of rotatable bonds is 3. The summed E-state index contributed by atoms with van der Waals surface area (Å²) in [5.74, 6) is 2.36. The molecule has 0 spiro atoms. The molecule has 3 atom stereocenters. The first kappa shape index (κ1) is 13.2. The van der Waals surface area contributed by atoms with E-state index in [4.69, 9.17) is 0 Å². The van der Waals surface area contributed by atoms with Crippen LogP contribution in [0, 0.1) is 5.92 Å². The molecule has 0 aromatic heterocycles. The summed E-state index contributed by atoms with van der Waals surface area (Å²) in [5, 5.41) is 0. The highest BCUT2D eigenvalue weighted by Gasteiger charge is 2.45. The van der Waals surface area contributed by atoms with E-state index in [0.29, 0.717) is 5.92 Å². The van der Waals surface area contributed by atoms with Crippen molar-refractivity contribution in [2.45, 2.75) is 64.5 Å². The quantitative estimate of drug-likeness (QED) is 0.776. The third-order valence-corrected chi connectivity index (χ3v) is 5.28. The first-order valence-corrected chi connectivity index (χ1v) is 7.92. The van der Waals surface area contributed by atoms with Gasteiger partial charge in [0.15, 0.2) is 0 Å². The molecule has 2 bridgehead atoms. The summed E-state index contributed by atoms with van der Waals surface area (Å²) in [4.78, 5) is 2.71. The van der Waals surface area contributed by atoms with Crippen LogP contribution < -0.4 is 0 Å². The van der Waals surface area contributed by atoms with Crippen molar-refractivity contribution in [3.8, 4) is 0 Å². The van der Waals surface area contributed by atoms with Gasteiger partial charge in [0.1, 0.15) is 0 Å². The summed E-state index contributed by atoms with van der Waals surface area (Å²) in [6.07, 6.45) is 2.80. The van der Waals surface area contributed by atoms with E-state index in [1.165, 1.54) is 24.9 Å². The van der Waals surface area contributed by atoms with Gasteiger partial charge in [-0.1, -0.05) is 38.1 Å². The predicted molar refractivity (Wildman–Crippen MR) is 81.6 cm³/mol. The van der Waals surface area contributed by atoms with Gasteiger partial charge in [-0.05, 0) is 55.6 Å². The molecular formula is C18H27N. The molecule has 19 heavy (non-hydrogen) atoms. The molecular weight excluding hydrogens is 230 g/mol. The van der Waals surface area contributed by atoms with Crippen molar-refractivity contribution < 1.29 is 0 Å². The molecule has 3 rings (SSSR count). The lowest BCUT2D eigenvalue weighted by Crippen LogP contribution is -2.39. The molecule has 1 saturated heterocycles. The van der Waals surface area contributed by atoms with Crippen LogP contribution in [0.4, 0.5) is 0 Å². The fourth-order valence-electron chi connectivity index (χ4n) is 4.16. The summed E-state index contributed by atoms with van der Waals surface area (Å²) < 4.78 is 0. The molecule has 1 heteroatoms. The summed E-state index contributed by atoms with van der Waals surface area (Å²) in [6, 6.07) is 11.0. The van der Waals surface area contributed by atoms with Crippen LogP contribution in [0.1, 0.15) is 63.5 Å². The molecule has 1 aliphatic carbocycles. The van der Waals surface area contributed by atoms with Crippen LogP contribution >= 0.6 is 0 Å². The second-order valence-electron chi connectivity index (χ2n) is 7.10. The molecule has 2 fully saturated rings. The second kappa shape index (κ2) is 4.94. The lowest BCUT2D eigenvalue weighted by molar-refractivity contribution is 0.159. The Morgan fingerprint density at radius 2 is 1.68 bits per heavy atom. The number of fused-ring (bicyclic) bond motifs is 2. The molecule has 1 unspecified atom stereocenters. The van der Waals surface area contributed by atoms with Gasteiger partial charge in [0.25, 0.3) is 0 Å². The zero-order valence-electron chi connectivity index (χ0n) is 12.8. The second-order valence-corrected chi connectivity index (χ2v) is 7.10. The van der Waals surface area contributed by atoms with E-state index in [-0.39, 0.29) is 0 Å². The van der Waals surface area contributed by atoms with E-state index in [0.717, 1.165) is 23.9 Å². The lowest BCUT2D eigenvalue weighted by Gasteiger charge is -2.34. The highest BCUT2D eigenvalue weighted by atomic mass is 15.2. The Morgan fingerprint density at radius 3 is 2.16 bits per heavy atom. The molecule has 1 nitrogen and oxygen atoms in total. The maximum absolute atomic E-state index is 2.71. The average Bonchev–Trinajstić information content (AvgIpc) is 2.98. The van der Waals surface area contributed by atoms with Crippen LogP contribution in [0.2, 0.25) is 0 Å². The zero-order valence-corrected chi connectivity index (χ0v) is 12.8. The minimum Gasteiger partial charge on any atom is -0.298 e. The van der Waals surface area contributed by atoms with Crippen molar-refractivity contribution in [2.75, 3.05) is 6.54 Å². The third-order valence-electron chi connectivity index (χ3n) is 5.28. The summed E-state index contributed by atoms with van der Waals surface area (Å²) in [7, 11) is 0. The molecule has 1 aromatic rings. The molecule has 2 aliphatic rings.